The predicted octanol–water partition coefficient (Wildman–Crippen LogP) is 4.17. The van der Waals surface area contributed by atoms with Gasteiger partial charge >= 0.3 is 0 Å². The molecule has 1 aromatic carbocycles. The van der Waals surface area contributed by atoms with E-state index in [1.807, 2.05) is 13.8 Å². The van der Waals surface area contributed by atoms with Crippen LogP contribution in [0.5, 0.6) is 0 Å². The van der Waals surface area contributed by atoms with Crippen molar-refractivity contribution in [1.29, 1.82) is 0 Å². The van der Waals surface area contributed by atoms with E-state index in [4.69, 9.17) is 0 Å². The molecule has 3 heterocycles. The lowest BCUT2D eigenvalue weighted by Crippen LogP contribution is -2.30. The minimum atomic E-state index is -0.904. The number of hydrogen-bond donors (Lipinski definition) is 1. The fourth-order valence-electron chi connectivity index (χ4n) is 3.59. The number of carbonyl (C=O) groups excluding carboxylic acids is 1. The number of amides is 1. The number of anilines is 1. The summed E-state index contributed by atoms with van der Waals surface area (Å²) >= 11 is 0. The smallest absolute Gasteiger partial charge is 0.280 e. The van der Waals surface area contributed by atoms with E-state index in [0.29, 0.717) is 17.7 Å². The maximum atomic E-state index is 14.7. The molecule has 1 aliphatic rings. The number of aromatic nitrogens is 3. The summed E-state index contributed by atoms with van der Waals surface area (Å²) in [6.07, 6.45) is 2.93. The van der Waals surface area contributed by atoms with E-state index >= 15 is 0 Å². The van der Waals surface area contributed by atoms with Gasteiger partial charge in [-0.25, -0.2) is 13.2 Å². The van der Waals surface area contributed by atoms with Gasteiger partial charge in [-0.3, -0.25) is 19.8 Å². The third kappa shape index (κ3) is 2.94. The Hall–Kier alpha value is -3.16. The molecule has 3 aromatic rings. The number of hydrogen-bond acceptors (Lipinski definition) is 3. The zero-order valence-corrected chi connectivity index (χ0v) is 15.2. The second-order valence-electron chi connectivity index (χ2n) is 7.17. The van der Waals surface area contributed by atoms with Gasteiger partial charge in [-0.05, 0) is 18.4 Å². The summed E-state index contributed by atoms with van der Waals surface area (Å²) in [7, 11) is 0. The molecule has 144 valence electrons. The van der Waals surface area contributed by atoms with Crippen LogP contribution in [-0.4, -0.2) is 21.1 Å². The Balaban J connectivity index is 1.93. The van der Waals surface area contributed by atoms with E-state index in [2.05, 4.69) is 15.2 Å². The second-order valence-corrected chi connectivity index (χ2v) is 7.17. The highest BCUT2D eigenvalue weighted by atomic mass is 19.1. The highest BCUT2D eigenvalue weighted by molar-refractivity contribution is 6.10. The van der Waals surface area contributed by atoms with Crippen LogP contribution in [0.3, 0.4) is 0 Å². The van der Waals surface area contributed by atoms with Crippen LogP contribution in [0, 0.1) is 23.4 Å². The number of carbonyl (C=O) groups is 1. The first kappa shape index (κ1) is 18.2. The van der Waals surface area contributed by atoms with E-state index in [9.17, 15) is 18.0 Å². The third-order valence-corrected chi connectivity index (χ3v) is 4.67. The third-order valence-electron chi connectivity index (χ3n) is 4.67. The van der Waals surface area contributed by atoms with Crippen LogP contribution in [0.4, 0.5) is 18.9 Å². The van der Waals surface area contributed by atoms with E-state index < -0.39 is 29.4 Å². The maximum Gasteiger partial charge on any atom is 0.280 e. The average molecular weight is 386 g/mol. The quantitative estimate of drug-likeness (QED) is 0.732. The van der Waals surface area contributed by atoms with Gasteiger partial charge in [0.25, 0.3) is 5.91 Å². The molecule has 1 unspecified atom stereocenters. The van der Waals surface area contributed by atoms with Crippen molar-refractivity contribution in [2.45, 2.75) is 26.3 Å². The zero-order chi connectivity index (χ0) is 20.0. The first-order valence-corrected chi connectivity index (χ1v) is 8.83. The first-order valence-electron chi connectivity index (χ1n) is 8.83. The summed E-state index contributed by atoms with van der Waals surface area (Å²) < 4.78 is 41.9. The molecule has 4 rings (SSSR count). The Labute approximate surface area is 159 Å². The summed E-state index contributed by atoms with van der Waals surface area (Å²) in [6.45, 7) is 4.01. The van der Waals surface area contributed by atoms with Gasteiger partial charge < -0.3 is 0 Å². The number of pyridine rings is 1. The molecule has 0 radical (unpaired) electrons. The number of nitrogens with one attached hydrogen (secondary N) is 1. The molecule has 28 heavy (non-hydrogen) atoms. The molecule has 2 aromatic heterocycles. The summed E-state index contributed by atoms with van der Waals surface area (Å²) in [5.74, 6) is -2.39. The Morgan fingerprint density at radius 3 is 2.61 bits per heavy atom. The topological polar surface area (TPSA) is 61.9 Å². The number of benzene rings is 1. The standard InChI is InChI=1S/C20H17F3N4O/c1-10(2)5-16-17-18(26-25-16)20(28)27(13-6-12(22)8-24-9-13)19(17)14-4-3-11(21)7-15(14)23/h3-4,6-10,19H,5H2,1-2H3,(H,25,26). The van der Waals surface area contributed by atoms with Gasteiger partial charge in [0.2, 0.25) is 0 Å². The molecule has 5 nitrogen and oxygen atoms in total. The molecule has 1 N–H and O–H groups in total. The second kappa shape index (κ2) is 6.78. The van der Waals surface area contributed by atoms with Crippen molar-refractivity contribution in [2.24, 2.45) is 5.92 Å². The molecule has 0 bridgehead atoms. The number of rotatable bonds is 4. The monoisotopic (exact) mass is 386 g/mol. The van der Waals surface area contributed by atoms with Crippen molar-refractivity contribution < 1.29 is 18.0 Å². The number of H-pyrrole nitrogens is 1. The van der Waals surface area contributed by atoms with Gasteiger partial charge in [0.05, 0.1) is 24.1 Å². The van der Waals surface area contributed by atoms with Crippen LogP contribution >= 0.6 is 0 Å². The number of nitrogens with zero attached hydrogens (tertiary/aromatic N) is 3. The molecule has 0 aliphatic carbocycles. The Morgan fingerprint density at radius 2 is 1.93 bits per heavy atom. The van der Waals surface area contributed by atoms with Crippen LogP contribution in [0.15, 0.2) is 36.7 Å². The molecule has 8 heteroatoms. The van der Waals surface area contributed by atoms with Crippen molar-refractivity contribution in [2.75, 3.05) is 4.90 Å². The highest BCUT2D eigenvalue weighted by Crippen LogP contribution is 2.43. The van der Waals surface area contributed by atoms with Gasteiger partial charge in [0.15, 0.2) is 5.69 Å². The number of aromatic amines is 1. The number of halogens is 3. The molecule has 0 fully saturated rings. The molecule has 1 atom stereocenters. The summed E-state index contributed by atoms with van der Waals surface area (Å²) in [5, 5.41) is 6.99. The van der Waals surface area contributed by atoms with Crippen molar-refractivity contribution in [1.82, 2.24) is 15.2 Å². The molecule has 0 saturated carbocycles. The van der Waals surface area contributed by atoms with Gasteiger partial charge in [-0.1, -0.05) is 19.9 Å². The van der Waals surface area contributed by atoms with Crippen LogP contribution in [0.2, 0.25) is 0 Å². The minimum Gasteiger partial charge on any atom is -0.293 e. The lowest BCUT2D eigenvalue weighted by molar-refractivity contribution is 0.0988. The Morgan fingerprint density at radius 1 is 1.14 bits per heavy atom. The molecule has 0 spiro atoms. The fourth-order valence-corrected chi connectivity index (χ4v) is 3.59. The molecular weight excluding hydrogens is 369 g/mol. The summed E-state index contributed by atoms with van der Waals surface area (Å²) in [6, 6.07) is 3.44. The maximum absolute atomic E-state index is 14.7. The van der Waals surface area contributed by atoms with Crippen molar-refractivity contribution in [3.05, 3.63) is 76.6 Å². The molecule has 1 aliphatic heterocycles. The minimum absolute atomic E-state index is 0.101. The van der Waals surface area contributed by atoms with Crippen molar-refractivity contribution >= 4 is 11.6 Å². The molecule has 1 amide bonds. The van der Waals surface area contributed by atoms with E-state index in [-0.39, 0.29) is 22.9 Å². The lowest BCUT2D eigenvalue weighted by Gasteiger charge is -2.26. The van der Waals surface area contributed by atoms with Crippen LogP contribution in [0.25, 0.3) is 0 Å². The fraction of sp³-hybridized carbons (Fsp3) is 0.250. The van der Waals surface area contributed by atoms with Crippen molar-refractivity contribution in [3.8, 4) is 0 Å². The Bertz CT molecular complexity index is 1060. The average Bonchev–Trinajstić information content (AvgIpc) is 3.14. The highest BCUT2D eigenvalue weighted by Gasteiger charge is 2.44. The number of fused-ring (bicyclic) bond motifs is 1. The van der Waals surface area contributed by atoms with Gasteiger partial charge in [-0.2, -0.15) is 5.10 Å². The van der Waals surface area contributed by atoms with Gasteiger partial charge in [-0.15, -0.1) is 0 Å². The Kier molecular flexibility index (Phi) is 4.41. The summed E-state index contributed by atoms with van der Waals surface area (Å²) in [5.41, 5.74) is 1.64. The lowest BCUT2D eigenvalue weighted by atomic mass is 9.95. The van der Waals surface area contributed by atoms with Crippen LogP contribution < -0.4 is 4.90 Å². The van der Waals surface area contributed by atoms with E-state index in [1.54, 1.807) is 0 Å². The van der Waals surface area contributed by atoms with Crippen molar-refractivity contribution in [3.63, 3.8) is 0 Å². The van der Waals surface area contributed by atoms with E-state index in [0.717, 1.165) is 24.4 Å². The first-order chi connectivity index (χ1) is 13.4. The largest absolute Gasteiger partial charge is 0.293 e. The zero-order valence-electron chi connectivity index (χ0n) is 15.2. The van der Waals surface area contributed by atoms with Crippen LogP contribution in [0.1, 0.15) is 47.2 Å². The van der Waals surface area contributed by atoms with Crippen LogP contribution in [-0.2, 0) is 6.42 Å². The predicted molar refractivity (Wildman–Crippen MR) is 96.3 cm³/mol. The summed E-state index contributed by atoms with van der Waals surface area (Å²) in [4.78, 5) is 18.1. The van der Waals surface area contributed by atoms with Gasteiger partial charge in [0, 0.05) is 29.0 Å². The van der Waals surface area contributed by atoms with Gasteiger partial charge in [0.1, 0.15) is 17.5 Å². The normalized spacial score (nSPS) is 16.1. The molecule has 0 saturated heterocycles. The SMILES string of the molecule is CC(C)Cc1[nH]nc2c1C(c1ccc(F)cc1F)N(c1cncc(F)c1)C2=O. The van der Waals surface area contributed by atoms with E-state index in [1.165, 1.54) is 17.2 Å². The molecular formula is C20H17F3N4O.